The smallest absolute Gasteiger partial charge is 0.391 e. The number of nitrogens with one attached hydrogen (secondary N) is 1. The fourth-order valence-electron chi connectivity index (χ4n) is 4.90. The average molecular weight is 593 g/mol. The van der Waals surface area contributed by atoms with E-state index in [1.54, 1.807) is 0 Å². The van der Waals surface area contributed by atoms with Crippen molar-refractivity contribution in [2.75, 3.05) is 19.8 Å². The summed E-state index contributed by atoms with van der Waals surface area (Å²) in [7, 11) is -4.29. The van der Waals surface area contributed by atoms with Crippen LogP contribution in [-0.2, 0) is 18.4 Å². The minimum Gasteiger partial charge on any atom is -0.391 e. The quantitative estimate of drug-likeness (QED) is 0.0475. The number of aliphatic hydroxyl groups is 1. The Bertz CT molecular complexity index is 610. The Morgan fingerprint density at radius 3 is 1.60 bits per heavy atom. The molecule has 0 radical (unpaired) electrons. The molecule has 0 heterocycles. The number of amides is 1. The van der Waals surface area contributed by atoms with Gasteiger partial charge >= 0.3 is 7.82 Å². The number of phosphoric acid groups is 1. The average Bonchev–Trinajstić information content (AvgIpc) is 2.93. The first kappa shape index (κ1) is 39.5. The molecular formula is C31H65N2O6P. The molecule has 0 rings (SSSR count). The van der Waals surface area contributed by atoms with Crippen LogP contribution in [0.5, 0.6) is 0 Å². The van der Waals surface area contributed by atoms with Gasteiger partial charge in [0, 0.05) is 13.0 Å². The van der Waals surface area contributed by atoms with E-state index < -0.39 is 20.0 Å². The van der Waals surface area contributed by atoms with Crippen LogP contribution in [0.4, 0.5) is 0 Å². The summed E-state index contributed by atoms with van der Waals surface area (Å²) < 4.78 is 22.0. The maximum Gasteiger partial charge on any atom is 0.472 e. The highest BCUT2D eigenvalue weighted by Crippen LogP contribution is 2.43. The molecule has 0 aliphatic carbocycles. The molecule has 1 amide bonds. The zero-order valence-electron chi connectivity index (χ0n) is 26.1. The van der Waals surface area contributed by atoms with Crippen LogP contribution in [-0.4, -0.2) is 47.8 Å². The Kier molecular flexibility index (Phi) is 28.3. The summed E-state index contributed by atoms with van der Waals surface area (Å²) in [6, 6.07) is -0.763. The number of carbonyl (C=O) groups excluding carboxylic acids is 1. The number of carbonyl (C=O) groups is 1. The summed E-state index contributed by atoms with van der Waals surface area (Å²) in [5, 5.41) is 13.6. The van der Waals surface area contributed by atoms with Crippen LogP contribution < -0.4 is 11.1 Å². The zero-order chi connectivity index (χ0) is 29.7. The summed E-state index contributed by atoms with van der Waals surface area (Å²) in [5.74, 6) is -0.165. The molecule has 8 nitrogen and oxygen atoms in total. The minimum atomic E-state index is -4.29. The lowest BCUT2D eigenvalue weighted by Crippen LogP contribution is -2.46. The molecule has 0 aromatic carbocycles. The Morgan fingerprint density at radius 1 is 0.725 bits per heavy atom. The van der Waals surface area contributed by atoms with E-state index in [0.717, 1.165) is 38.5 Å². The molecule has 240 valence electrons. The van der Waals surface area contributed by atoms with Crippen molar-refractivity contribution in [1.29, 1.82) is 0 Å². The van der Waals surface area contributed by atoms with Crippen LogP contribution in [0.15, 0.2) is 0 Å². The van der Waals surface area contributed by atoms with Gasteiger partial charge in [0.25, 0.3) is 0 Å². The molecule has 1 unspecified atom stereocenters. The monoisotopic (exact) mass is 592 g/mol. The van der Waals surface area contributed by atoms with Gasteiger partial charge < -0.3 is 21.1 Å². The van der Waals surface area contributed by atoms with Gasteiger partial charge in [0.15, 0.2) is 0 Å². The second-order valence-corrected chi connectivity index (χ2v) is 12.8. The van der Waals surface area contributed by atoms with E-state index in [4.69, 9.17) is 14.8 Å². The van der Waals surface area contributed by atoms with Crippen molar-refractivity contribution in [2.45, 2.75) is 174 Å². The Balaban J connectivity index is 4.33. The molecule has 0 aliphatic heterocycles. The molecule has 0 fully saturated rings. The van der Waals surface area contributed by atoms with Crippen LogP contribution in [0.3, 0.4) is 0 Å². The number of hydrogen-bond donors (Lipinski definition) is 4. The number of phosphoric ester groups is 1. The van der Waals surface area contributed by atoms with Gasteiger partial charge in [0.1, 0.15) is 0 Å². The molecule has 0 aromatic rings. The van der Waals surface area contributed by atoms with Gasteiger partial charge in [-0.15, -0.1) is 0 Å². The molecular weight excluding hydrogens is 527 g/mol. The standard InChI is InChI=1S/C31H65N2O6P/c1-3-5-7-9-11-13-15-16-18-20-22-24-30(34)29(28-39-40(36,37)38-27-26-32)33-31(35)25-23-21-19-17-14-12-10-8-6-4-2/h29-30,34H,3-28,32H2,1-2H3,(H,33,35)(H,36,37)/t29-,30+/m0/s1. The molecule has 0 bridgehead atoms. The van der Waals surface area contributed by atoms with Crippen molar-refractivity contribution in [3.63, 3.8) is 0 Å². The predicted molar refractivity (Wildman–Crippen MR) is 166 cm³/mol. The fourth-order valence-corrected chi connectivity index (χ4v) is 5.66. The van der Waals surface area contributed by atoms with E-state index in [2.05, 4.69) is 19.2 Å². The lowest BCUT2D eigenvalue weighted by atomic mass is 10.0. The van der Waals surface area contributed by atoms with Gasteiger partial charge in [0.2, 0.25) is 5.91 Å². The van der Waals surface area contributed by atoms with E-state index >= 15 is 0 Å². The first-order valence-corrected chi connectivity index (χ1v) is 18.1. The number of hydrogen-bond acceptors (Lipinski definition) is 6. The topological polar surface area (TPSA) is 131 Å². The van der Waals surface area contributed by atoms with Crippen molar-refractivity contribution in [3.8, 4) is 0 Å². The summed E-state index contributed by atoms with van der Waals surface area (Å²) >= 11 is 0. The van der Waals surface area contributed by atoms with E-state index in [1.807, 2.05) is 0 Å². The van der Waals surface area contributed by atoms with Gasteiger partial charge in [0.05, 0.1) is 25.4 Å². The largest absolute Gasteiger partial charge is 0.472 e. The Morgan fingerprint density at radius 2 is 1.15 bits per heavy atom. The summed E-state index contributed by atoms with van der Waals surface area (Å²) in [4.78, 5) is 22.4. The first-order valence-electron chi connectivity index (χ1n) is 16.7. The van der Waals surface area contributed by atoms with E-state index in [-0.39, 0.29) is 25.7 Å². The van der Waals surface area contributed by atoms with Crippen molar-refractivity contribution in [1.82, 2.24) is 5.32 Å². The molecule has 0 aliphatic rings. The lowest BCUT2D eigenvalue weighted by Gasteiger charge is -2.25. The molecule has 40 heavy (non-hydrogen) atoms. The summed E-state index contributed by atoms with van der Waals surface area (Å²) in [6.07, 6.45) is 25.3. The molecule has 5 N–H and O–H groups in total. The van der Waals surface area contributed by atoms with E-state index in [1.165, 1.54) is 96.3 Å². The van der Waals surface area contributed by atoms with Crippen LogP contribution in [0.2, 0.25) is 0 Å². The van der Waals surface area contributed by atoms with Crippen molar-refractivity contribution in [2.24, 2.45) is 5.73 Å². The van der Waals surface area contributed by atoms with Crippen molar-refractivity contribution in [3.05, 3.63) is 0 Å². The number of aliphatic hydroxyl groups excluding tert-OH is 1. The van der Waals surface area contributed by atoms with E-state index in [0.29, 0.717) is 12.8 Å². The predicted octanol–water partition coefficient (Wildman–Crippen LogP) is 7.94. The Hall–Kier alpha value is -0.500. The molecule has 0 aromatic heterocycles. The van der Waals surface area contributed by atoms with Crippen molar-refractivity contribution >= 4 is 13.7 Å². The molecule has 9 heteroatoms. The van der Waals surface area contributed by atoms with Crippen molar-refractivity contribution < 1.29 is 28.4 Å². The fraction of sp³-hybridized carbons (Fsp3) is 0.968. The third kappa shape index (κ3) is 26.4. The SMILES string of the molecule is CCCCCCCCCCCCC[C@@H](O)[C@H](COP(=O)(O)OCCN)NC(=O)CCCCCCCCCCCC. The molecule has 0 saturated heterocycles. The van der Waals surface area contributed by atoms with Crippen LogP contribution in [0.25, 0.3) is 0 Å². The Labute approximate surface area is 246 Å². The lowest BCUT2D eigenvalue weighted by molar-refractivity contribution is -0.123. The number of rotatable bonds is 31. The second-order valence-electron chi connectivity index (χ2n) is 11.4. The highest BCUT2D eigenvalue weighted by Gasteiger charge is 2.27. The zero-order valence-corrected chi connectivity index (χ0v) is 27.0. The maximum atomic E-state index is 12.6. The first-order chi connectivity index (χ1) is 19.4. The van der Waals surface area contributed by atoms with Crippen LogP contribution >= 0.6 is 7.82 Å². The summed E-state index contributed by atoms with van der Waals surface area (Å²) in [6.45, 7) is 4.16. The normalized spacial score (nSPS) is 14.6. The van der Waals surface area contributed by atoms with Gasteiger partial charge in [-0.25, -0.2) is 4.57 Å². The number of nitrogens with two attached hydrogens (primary N) is 1. The third-order valence-electron chi connectivity index (χ3n) is 7.46. The van der Waals surface area contributed by atoms with Gasteiger partial charge in [-0.1, -0.05) is 142 Å². The highest BCUT2D eigenvalue weighted by atomic mass is 31.2. The van der Waals surface area contributed by atoms with Gasteiger partial charge in [-0.2, -0.15) is 0 Å². The van der Waals surface area contributed by atoms with Crippen LogP contribution in [0, 0.1) is 0 Å². The maximum absolute atomic E-state index is 12.6. The molecule has 3 atom stereocenters. The van der Waals surface area contributed by atoms with Crippen LogP contribution in [0.1, 0.15) is 162 Å². The molecule has 0 saturated carbocycles. The summed E-state index contributed by atoms with van der Waals surface area (Å²) in [5.41, 5.74) is 5.34. The molecule has 0 spiro atoms. The number of unbranched alkanes of at least 4 members (excludes halogenated alkanes) is 19. The van der Waals surface area contributed by atoms with Gasteiger partial charge in [-0.3, -0.25) is 13.8 Å². The third-order valence-corrected chi connectivity index (χ3v) is 8.45. The second kappa shape index (κ2) is 28.6. The van der Waals surface area contributed by atoms with E-state index in [9.17, 15) is 19.4 Å². The highest BCUT2D eigenvalue weighted by molar-refractivity contribution is 7.47. The minimum absolute atomic E-state index is 0.0917. The van der Waals surface area contributed by atoms with Gasteiger partial charge in [-0.05, 0) is 12.8 Å².